The van der Waals surface area contributed by atoms with Crippen LogP contribution in [0, 0.1) is 0 Å². The van der Waals surface area contributed by atoms with Crippen LogP contribution in [0.15, 0.2) is 0 Å². The second kappa shape index (κ2) is 10.3. The highest BCUT2D eigenvalue weighted by Crippen LogP contribution is 2.12. The average molecular weight is 293 g/mol. The van der Waals surface area contributed by atoms with Crippen molar-refractivity contribution in [3.8, 4) is 0 Å². The molecule has 0 fully saturated rings. The Kier molecular flexibility index (Phi) is 10.1. The second-order valence-corrected chi connectivity index (χ2v) is 6.59. The third-order valence-electron chi connectivity index (χ3n) is 2.48. The predicted molar refractivity (Wildman–Crippen MR) is 74.8 cm³/mol. The van der Waals surface area contributed by atoms with E-state index in [9.17, 15) is 4.79 Å². The lowest BCUT2D eigenvalue weighted by Crippen LogP contribution is -2.55. The molecule has 0 aliphatic carbocycles. The number of esters is 1. The van der Waals surface area contributed by atoms with Gasteiger partial charge in [0.05, 0.1) is 19.7 Å². The van der Waals surface area contributed by atoms with Crippen LogP contribution in [0.5, 0.6) is 0 Å². The molecule has 0 radical (unpaired) electrons. The summed E-state index contributed by atoms with van der Waals surface area (Å²) in [5, 5.41) is 0. The van der Waals surface area contributed by atoms with Gasteiger partial charge in [0.1, 0.15) is 0 Å². The Morgan fingerprint density at radius 3 is 1.89 bits per heavy atom. The lowest BCUT2D eigenvalue weighted by molar-refractivity contribution is -0.140. The van der Waals surface area contributed by atoms with Crippen molar-refractivity contribution >= 4 is 14.8 Å². The van der Waals surface area contributed by atoms with Crippen molar-refractivity contribution in [2.45, 2.75) is 27.2 Å². The van der Waals surface area contributed by atoms with Gasteiger partial charge in [-0.25, -0.2) is 0 Å². The molecule has 0 aromatic carbocycles. The third-order valence-corrected chi connectivity index (χ3v) is 5.59. The molecular formula is C12H27NO5Si. The zero-order valence-electron chi connectivity index (χ0n) is 12.7. The maximum atomic E-state index is 11.1. The normalized spacial score (nSPS) is 11.9. The molecule has 6 nitrogen and oxygen atoms in total. The largest absolute Gasteiger partial charge is 0.515 e. The summed E-state index contributed by atoms with van der Waals surface area (Å²) in [6.07, 6.45) is 0.918. The Morgan fingerprint density at radius 1 is 1.05 bits per heavy atom. The summed E-state index contributed by atoms with van der Waals surface area (Å²) in [6.45, 7) is 8.02. The summed E-state index contributed by atoms with van der Waals surface area (Å²) in [6, 6.07) is 0. The number of carbonyl (C=O) groups excluding carboxylic acids is 1. The minimum Gasteiger partial charge on any atom is -0.469 e. The highest BCUT2D eigenvalue weighted by atomic mass is 28.4. The summed E-state index contributed by atoms with van der Waals surface area (Å²) >= 11 is 0. The van der Waals surface area contributed by atoms with Crippen molar-refractivity contribution in [2.24, 2.45) is 0 Å². The first kappa shape index (κ1) is 18.5. The van der Waals surface area contributed by atoms with E-state index in [-0.39, 0.29) is 5.97 Å². The van der Waals surface area contributed by atoms with Gasteiger partial charge in [-0.3, -0.25) is 4.79 Å². The number of hydrogen-bond acceptors (Lipinski definition) is 6. The maximum absolute atomic E-state index is 11.1. The van der Waals surface area contributed by atoms with Crippen molar-refractivity contribution in [3.63, 3.8) is 0 Å². The maximum Gasteiger partial charge on any atom is 0.515 e. The minimum absolute atomic E-state index is 0.219. The Labute approximate surface area is 117 Å². The number of nitrogens with zero attached hydrogens (tertiary/aromatic N) is 1. The smallest absolute Gasteiger partial charge is 0.469 e. The summed E-state index contributed by atoms with van der Waals surface area (Å²) < 4.78 is 21.9. The van der Waals surface area contributed by atoms with Crippen LogP contribution in [0.1, 0.15) is 27.2 Å². The molecule has 0 amide bonds. The molecule has 0 N–H and O–H groups in total. The molecule has 0 aromatic heterocycles. The molecule has 0 rings (SSSR count). The lowest BCUT2D eigenvalue weighted by atomic mass is 10.4. The van der Waals surface area contributed by atoms with Crippen molar-refractivity contribution in [1.29, 1.82) is 0 Å². The summed E-state index contributed by atoms with van der Waals surface area (Å²) in [4.78, 5) is 13.1. The van der Waals surface area contributed by atoms with E-state index in [4.69, 9.17) is 13.3 Å². The summed E-state index contributed by atoms with van der Waals surface area (Å²) in [5.41, 5.74) is 0. The fourth-order valence-electron chi connectivity index (χ4n) is 1.72. The third kappa shape index (κ3) is 7.63. The van der Waals surface area contributed by atoms with Gasteiger partial charge in [0.2, 0.25) is 0 Å². The SMILES string of the molecule is CCO[Si](CN(C)CCC(=O)OC)(OCC)OCC. The zero-order valence-corrected chi connectivity index (χ0v) is 13.7. The Bertz CT molecular complexity index is 235. The zero-order chi connectivity index (χ0) is 14.7. The molecule has 0 heterocycles. The van der Waals surface area contributed by atoms with Crippen LogP contribution in [-0.2, 0) is 22.8 Å². The highest BCUT2D eigenvalue weighted by molar-refractivity contribution is 6.60. The Morgan fingerprint density at radius 2 is 1.53 bits per heavy atom. The van der Waals surface area contributed by atoms with Gasteiger partial charge in [-0.15, -0.1) is 0 Å². The van der Waals surface area contributed by atoms with Crippen molar-refractivity contribution < 1.29 is 22.8 Å². The topological polar surface area (TPSA) is 57.2 Å². The second-order valence-electron chi connectivity index (χ2n) is 4.05. The Hall–Kier alpha value is -0.473. The first-order valence-electron chi connectivity index (χ1n) is 6.70. The number of hydrogen-bond donors (Lipinski definition) is 0. The van der Waals surface area contributed by atoms with Gasteiger partial charge in [0.25, 0.3) is 0 Å². The standard InChI is InChI=1S/C12H27NO5Si/c1-6-16-19(17-7-2,18-8-3)11-13(4)10-9-12(14)15-5/h6-11H2,1-5H3. The molecular weight excluding hydrogens is 266 g/mol. The van der Waals surface area contributed by atoms with Gasteiger partial charge < -0.3 is 22.9 Å². The van der Waals surface area contributed by atoms with E-state index in [0.717, 1.165) is 0 Å². The molecule has 19 heavy (non-hydrogen) atoms. The minimum atomic E-state index is -2.67. The first-order chi connectivity index (χ1) is 9.03. The van der Waals surface area contributed by atoms with E-state index in [1.165, 1.54) is 7.11 Å². The fraction of sp³-hybridized carbons (Fsp3) is 0.917. The van der Waals surface area contributed by atoms with E-state index >= 15 is 0 Å². The van der Waals surface area contributed by atoms with Gasteiger partial charge in [-0.1, -0.05) is 0 Å². The molecule has 0 aromatic rings. The lowest BCUT2D eigenvalue weighted by Gasteiger charge is -2.31. The van der Waals surface area contributed by atoms with Gasteiger partial charge in [-0.2, -0.15) is 0 Å². The molecule has 114 valence electrons. The van der Waals surface area contributed by atoms with Crippen LogP contribution in [0.3, 0.4) is 0 Å². The van der Waals surface area contributed by atoms with Crippen LogP contribution in [0.25, 0.3) is 0 Å². The molecule has 0 saturated carbocycles. The van der Waals surface area contributed by atoms with Gasteiger partial charge in [-0.05, 0) is 27.8 Å². The quantitative estimate of drug-likeness (QED) is 0.419. The molecule has 7 heteroatoms. The summed E-state index contributed by atoms with van der Waals surface area (Å²) in [5.74, 6) is -0.219. The number of carbonyl (C=O) groups is 1. The van der Waals surface area contributed by atoms with Crippen LogP contribution in [-0.4, -0.2) is 66.4 Å². The molecule has 0 unspecified atom stereocenters. The average Bonchev–Trinajstić information content (AvgIpc) is 2.36. The molecule has 0 spiro atoms. The van der Waals surface area contributed by atoms with Gasteiger partial charge in [0, 0.05) is 26.4 Å². The first-order valence-corrected chi connectivity index (χ1v) is 8.63. The van der Waals surface area contributed by atoms with Crippen molar-refractivity contribution in [1.82, 2.24) is 4.90 Å². The van der Waals surface area contributed by atoms with Crippen LogP contribution < -0.4 is 0 Å². The Balaban J connectivity index is 4.46. The van der Waals surface area contributed by atoms with E-state index in [1.807, 2.05) is 32.7 Å². The van der Waals surface area contributed by atoms with Crippen LogP contribution in [0.2, 0.25) is 0 Å². The van der Waals surface area contributed by atoms with Gasteiger partial charge in [0.15, 0.2) is 0 Å². The predicted octanol–water partition coefficient (Wildman–Crippen LogP) is 1.07. The summed E-state index contributed by atoms with van der Waals surface area (Å²) in [7, 11) is 0.642. The number of ether oxygens (including phenoxy) is 1. The molecule has 0 aliphatic heterocycles. The fourth-order valence-corrected chi connectivity index (χ4v) is 4.38. The van der Waals surface area contributed by atoms with E-state index in [2.05, 4.69) is 4.74 Å². The van der Waals surface area contributed by atoms with E-state index < -0.39 is 8.80 Å². The monoisotopic (exact) mass is 293 g/mol. The van der Waals surface area contributed by atoms with E-state index in [1.54, 1.807) is 0 Å². The van der Waals surface area contributed by atoms with Crippen molar-refractivity contribution in [2.75, 3.05) is 46.7 Å². The number of rotatable bonds is 11. The molecule has 0 bridgehead atoms. The van der Waals surface area contributed by atoms with E-state index in [0.29, 0.717) is 39.0 Å². The van der Waals surface area contributed by atoms with Crippen LogP contribution >= 0.6 is 0 Å². The molecule has 0 atom stereocenters. The van der Waals surface area contributed by atoms with Crippen molar-refractivity contribution in [3.05, 3.63) is 0 Å². The molecule has 0 aliphatic rings. The molecule has 0 saturated heterocycles. The van der Waals surface area contributed by atoms with Crippen LogP contribution in [0.4, 0.5) is 0 Å². The van der Waals surface area contributed by atoms with Gasteiger partial charge >= 0.3 is 14.8 Å². The number of methoxy groups -OCH3 is 1. The highest BCUT2D eigenvalue weighted by Gasteiger charge is 2.41.